The third-order valence-electron chi connectivity index (χ3n) is 6.44. The smallest absolute Gasteiger partial charge is 0.226 e. The van der Waals surface area contributed by atoms with Crippen LogP contribution in [0.2, 0.25) is 0 Å². The van der Waals surface area contributed by atoms with E-state index in [1.807, 2.05) is 6.07 Å². The highest BCUT2D eigenvalue weighted by Crippen LogP contribution is 2.26. The predicted octanol–water partition coefficient (Wildman–Crippen LogP) is 4.52. The summed E-state index contributed by atoms with van der Waals surface area (Å²) in [7, 11) is 0. The van der Waals surface area contributed by atoms with Gasteiger partial charge in [0.15, 0.2) is 0 Å². The van der Waals surface area contributed by atoms with E-state index in [9.17, 15) is 9.18 Å². The highest BCUT2D eigenvalue weighted by molar-refractivity contribution is 5.79. The minimum absolute atomic E-state index is 0.0861. The summed E-state index contributed by atoms with van der Waals surface area (Å²) in [4.78, 5) is 17.5. The van der Waals surface area contributed by atoms with E-state index >= 15 is 0 Å². The van der Waals surface area contributed by atoms with Gasteiger partial charge >= 0.3 is 0 Å². The van der Waals surface area contributed by atoms with Crippen molar-refractivity contribution in [1.82, 2.24) is 9.80 Å². The summed E-state index contributed by atoms with van der Waals surface area (Å²) in [6.07, 6.45) is 5.33. The number of hydrogen-bond donors (Lipinski definition) is 0. The van der Waals surface area contributed by atoms with Gasteiger partial charge in [-0.05, 0) is 67.8 Å². The van der Waals surface area contributed by atoms with E-state index in [1.54, 1.807) is 12.1 Å². The highest BCUT2D eigenvalue weighted by atomic mass is 19.1. The van der Waals surface area contributed by atoms with Crippen LogP contribution >= 0.6 is 0 Å². The molecule has 1 atom stereocenters. The van der Waals surface area contributed by atoms with Gasteiger partial charge in [-0.15, -0.1) is 0 Å². The molecule has 0 aromatic heterocycles. The van der Waals surface area contributed by atoms with Gasteiger partial charge in [-0.2, -0.15) is 0 Å². The number of hydrogen-bond acceptors (Lipinski definition) is 2. The van der Waals surface area contributed by atoms with Gasteiger partial charge < -0.3 is 4.90 Å². The normalized spacial score (nSPS) is 21.3. The van der Waals surface area contributed by atoms with Gasteiger partial charge in [-0.25, -0.2) is 4.39 Å². The lowest BCUT2D eigenvalue weighted by atomic mass is 9.89. The lowest BCUT2D eigenvalue weighted by Crippen LogP contribution is -2.47. The molecule has 2 saturated heterocycles. The minimum atomic E-state index is -0.189. The standard InChI is InChI=1S/C25H31FN2O/c26-24-10-4-8-22(17-24)18-27-13-5-9-23(19-27)25(29)28-14-11-21(12-15-28)16-20-6-2-1-3-7-20/h1-4,6-8,10,17,21,23H,5,9,11-16,18-19H2/t23-/m1/s1. The molecule has 0 aliphatic carbocycles. The molecule has 4 rings (SSSR count). The second kappa shape index (κ2) is 9.53. The Kier molecular flexibility index (Phi) is 6.60. The number of nitrogens with zero attached hydrogens (tertiary/aromatic N) is 2. The number of rotatable bonds is 5. The zero-order chi connectivity index (χ0) is 20.1. The molecule has 0 saturated carbocycles. The Bertz CT molecular complexity index is 801. The number of benzene rings is 2. The first kappa shape index (κ1) is 20.1. The molecule has 4 heteroatoms. The number of likely N-dealkylation sites (tertiary alicyclic amines) is 2. The molecule has 29 heavy (non-hydrogen) atoms. The lowest BCUT2D eigenvalue weighted by molar-refractivity contribution is -0.138. The molecule has 2 aliphatic rings. The topological polar surface area (TPSA) is 23.6 Å². The Hall–Kier alpha value is -2.20. The molecule has 2 fully saturated rings. The van der Waals surface area contributed by atoms with E-state index in [1.165, 1.54) is 11.6 Å². The molecule has 2 aliphatic heterocycles. The van der Waals surface area contributed by atoms with Crippen molar-refractivity contribution in [2.75, 3.05) is 26.2 Å². The van der Waals surface area contributed by atoms with Crippen molar-refractivity contribution in [2.24, 2.45) is 11.8 Å². The van der Waals surface area contributed by atoms with Gasteiger partial charge in [0.2, 0.25) is 5.91 Å². The summed E-state index contributed by atoms with van der Waals surface area (Å²) in [5.74, 6) is 0.901. The second-order valence-electron chi connectivity index (χ2n) is 8.66. The minimum Gasteiger partial charge on any atom is -0.342 e. The molecule has 2 aromatic carbocycles. The van der Waals surface area contributed by atoms with E-state index in [4.69, 9.17) is 0 Å². The summed E-state index contributed by atoms with van der Waals surface area (Å²) >= 11 is 0. The zero-order valence-electron chi connectivity index (χ0n) is 17.1. The van der Waals surface area contributed by atoms with E-state index in [0.717, 1.165) is 70.4 Å². The fourth-order valence-corrected chi connectivity index (χ4v) is 4.86. The molecule has 1 amide bonds. The number of piperidine rings is 2. The fraction of sp³-hybridized carbons (Fsp3) is 0.480. The van der Waals surface area contributed by atoms with Gasteiger partial charge in [-0.3, -0.25) is 9.69 Å². The van der Waals surface area contributed by atoms with E-state index < -0.39 is 0 Å². The van der Waals surface area contributed by atoms with Crippen LogP contribution in [0.25, 0.3) is 0 Å². The third kappa shape index (κ3) is 5.45. The van der Waals surface area contributed by atoms with Gasteiger partial charge in [0.1, 0.15) is 5.82 Å². The molecule has 0 spiro atoms. The van der Waals surface area contributed by atoms with E-state index in [0.29, 0.717) is 11.8 Å². The molecule has 0 bridgehead atoms. The summed E-state index contributed by atoms with van der Waals surface area (Å²) in [5, 5.41) is 0. The Labute approximate surface area is 173 Å². The van der Waals surface area contributed by atoms with Crippen molar-refractivity contribution in [3.63, 3.8) is 0 Å². The molecule has 2 heterocycles. The van der Waals surface area contributed by atoms with Gasteiger partial charge in [0, 0.05) is 26.2 Å². The van der Waals surface area contributed by atoms with Crippen LogP contribution in [-0.4, -0.2) is 41.9 Å². The number of halogens is 1. The molecule has 154 valence electrons. The zero-order valence-corrected chi connectivity index (χ0v) is 17.1. The van der Waals surface area contributed by atoms with Gasteiger partial charge in [-0.1, -0.05) is 42.5 Å². The van der Waals surface area contributed by atoms with Gasteiger partial charge in [0.25, 0.3) is 0 Å². The van der Waals surface area contributed by atoms with Crippen molar-refractivity contribution >= 4 is 5.91 Å². The van der Waals surface area contributed by atoms with Crippen molar-refractivity contribution in [3.8, 4) is 0 Å². The highest BCUT2D eigenvalue weighted by Gasteiger charge is 2.31. The number of amides is 1. The van der Waals surface area contributed by atoms with E-state index in [2.05, 4.69) is 40.1 Å². The maximum absolute atomic E-state index is 13.5. The average Bonchev–Trinajstić information content (AvgIpc) is 2.75. The molecule has 2 aromatic rings. The third-order valence-corrected chi connectivity index (χ3v) is 6.44. The van der Waals surface area contributed by atoms with Crippen LogP contribution in [0.1, 0.15) is 36.8 Å². The van der Waals surface area contributed by atoms with Crippen LogP contribution in [0.3, 0.4) is 0 Å². The van der Waals surface area contributed by atoms with Crippen molar-refractivity contribution in [1.29, 1.82) is 0 Å². The van der Waals surface area contributed by atoms with Crippen molar-refractivity contribution in [3.05, 3.63) is 71.5 Å². The predicted molar refractivity (Wildman–Crippen MR) is 114 cm³/mol. The Morgan fingerprint density at radius 2 is 1.69 bits per heavy atom. The van der Waals surface area contributed by atoms with Gasteiger partial charge in [0.05, 0.1) is 5.92 Å². The molecule has 0 unspecified atom stereocenters. The molecule has 3 nitrogen and oxygen atoms in total. The maximum Gasteiger partial charge on any atom is 0.226 e. The Morgan fingerprint density at radius 3 is 2.45 bits per heavy atom. The average molecular weight is 395 g/mol. The summed E-state index contributed by atoms with van der Waals surface area (Å²) in [6.45, 7) is 4.27. The number of carbonyl (C=O) groups excluding carboxylic acids is 1. The first-order valence-corrected chi connectivity index (χ1v) is 11.0. The second-order valence-corrected chi connectivity index (χ2v) is 8.66. The van der Waals surface area contributed by atoms with Crippen LogP contribution < -0.4 is 0 Å². The molecule has 0 radical (unpaired) electrons. The monoisotopic (exact) mass is 394 g/mol. The van der Waals surface area contributed by atoms with Crippen molar-refractivity contribution in [2.45, 2.75) is 38.6 Å². The lowest BCUT2D eigenvalue weighted by Gasteiger charge is -2.38. The first-order chi connectivity index (χ1) is 14.2. The van der Waals surface area contributed by atoms with Crippen LogP contribution in [0.4, 0.5) is 4.39 Å². The number of carbonyl (C=O) groups is 1. The molecular formula is C25H31FN2O. The fourth-order valence-electron chi connectivity index (χ4n) is 4.86. The van der Waals surface area contributed by atoms with Crippen LogP contribution in [-0.2, 0) is 17.8 Å². The first-order valence-electron chi connectivity index (χ1n) is 11.0. The summed E-state index contributed by atoms with van der Waals surface area (Å²) < 4.78 is 13.5. The van der Waals surface area contributed by atoms with Crippen LogP contribution in [0.15, 0.2) is 54.6 Å². The van der Waals surface area contributed by atoms with Crippen LogP contribution in [0.5, 0.6) is 0 Å². The van der Waals surface area contributed by atoms with E-state index in [-0.39, 0.29) is 11.7 Å². The quantitative estimate of drug-likeness (QED) is 0.744. The maximum atomic E-state index is 13.5. The molecular weight excluding hydrogens is 363 g/mol. The Morgan fingerprint density at radius 1 is 0.931 bits per heavy atom. The largest absolute Gasteiger partial charge is 0.342 e. The molecule has 0 N–H and O–H groups in total. The summed E-state index contributed by atoms with van der Waals surface area (Å²) in [6, 6.07) is 17.5. The Balaban J connectivity index is 1.27. The SMILES string of the molecule is O=C([C@@H]1CCCN(Cc2cccc(F)c2)C1)N1CCC(Cc2ccccc2)CC1. The van der Waals surface area contributed by atoms with Crippen LogP contribution in [0, 0.1) is 17.7 Å². The van der Waals surface area contributed by atoms with Crippen molar-refractivity contribution < 1.29 is 9.18 Å². The summed E-state index contributed by atoms with van der Waals surface area (Å²) in [5.41, 5.74) is 2.39.